The van der Waals surface area contributed by atoms with Gasteiger partial charge in [-0.3, -0.25) is 4.90 Å². The van der Waals surface area contributed by atoms with Crippen LogP contribution < -0.4 is 10.2 Å². The number of piperazine rings is 1. The van der Waals surface area contributed by atoms with Gasteiger partial charge >= 0.3 is 0 Å². The highest BCUT2D eigenvalue weighted by Gasteiger charge is 2.20. The van der Waals surface area contributed by atoms with Crippen molar-refractivity contribution in [1.82, 2.24) is 20.2 Å². The maximum absolute atomic E-state index is 9.87. The van der Waals surface area contributed by atoms with Crippen molar-refractivity contribution in [3.8, 4) is 0 Å². The first-order chi connectivity index (χ1) is 9.29. The summed E-state index contributed by atoms with van der Waals surface area (Å²) in [5.74, 6) is 0.801. The van der Waals surface area contributed by atoms with Crippen LogP contribution in [0.4, 0.5) is 5.95 Å². The number of aliphatic hydroxyl groups excluding tert-OH is 1. The Hall–Kier alpha value is -1.24. The molecule has 6 heteroatoms. The molecule has 1 atom stereocenters. The van der Waals surface area contributed by atoms with E-state index in [0.717, 1.165) is 45.2 Å². The van der Waals surface area contributed by atoms with Crippen LogP contribution in [-0.2, 0) is 0 Å². The van der Waals surface area contributed by atoms with E-state index >= 15 is 0 Å². The van der Waals surface area contributed by atoms with Gasteiger partial charge in [-0.1, -0.05) is 6.92 Å². The standard InChI is InChI=1S/C13H23N5O/c1-2-14-10-12(19)11-17-6-8-18(9-7-17)13-15-4-3-5-16-13/h3-5,12,14,19H,2,6-11H2,1H3. The van der Waals surface area contributed by atoms with Crippen molar-refractivity contribution >= 4 is 5.95 Å². The van der Waals surface area contributed by atoms with Gasteiger partial charge in [-0.05, 0) is 12.6 Å². The summed E-state index contributed by atoms with van der Waals surface area (Å²) < 4.78 is 0. The molecule has 0 bridgehead atoms. The lowest BCUT2D eigenvalue weighted by molar-refractivity contribution is 0.108. The Morgan fingerprint density at radius 1 is 1.26 bits per heavy atom. The van der Waals surface area contributed by atoms with Gasteiger partial charge in [-0.25, -0.2) is 9.97 Å². The van der Waals surface area contributed by atoms with Crippen LogP contribution in [0.5, 0.6) is 0 Å². The van der Waals surface area contributed by atoms with Gasteiger partial charge in [0.15, 0.2) is 0 Å². The average molecular weight is 265 g/mol. The number of nitrogens with one attached hydrogen (secondary N) is 1. The van der Waals surface area contributed by atoms with Crippen LogP contribution in [0.2, 0.25) is 0 Å². The number of likely N-dealkylation sites (N-methyl/N-ethyl adjacent to an activating group) is 1. The summed E-state index contributed by atoms with van der Waals surface area (Å²) in [6.45, 7) is 8.06. The molecule has 1 unspecified atom stereocenters. The normalized spacial score (nSPS) is 18.5. The molecule has 0 saturated carbocycles. The molecule has 0 aromatic carbocycles. The number of hydrogen-bond donors (Lipinski definition) is 2. The predicted molar refractivity (Wildman–Crippen MR) is 75.2 cm³/mol. The highest BCUT2D eigenvalue weighted by molar-refractivity contribution is 5.29. The van der Waals surface area contributed by atoms with E-state index in [0.29, 0.717) is 6.54 Å². The Bertz CT molecular complexity index is 353. The van der Waals surface area contributed by atoms with E-state index in [2.05, 4.69) is 25.1 Å². The molecule has 106 valence electrons. The van der Waals surface area contributed by atoms with Crippen molar-refractivity contribution in [2.45, 2.75) is 13.0 Å². The zero-order chi connectivity index (χ0) is 13.5. The van der Waals surface area contributed by atoms with Crippen molar-refractivity contribution in [3.05, 3.63) is 18.5 Å². The van der Waals surface area contributed by atoms with E-state index in [1.54, 1.807) is 12.4 Å². The molecule has 1 aliphatic heterocycles. The minimum Gasteiger partial charge on any atom is -0.390 e. The summed E-state index contributed by atoms with van der Waals surface area (Å²) in [7, 11) is 0. The molecule has 2 heterocycles. The van der Waals surface area contributed by atoms with Crippen molar-refractivity contribution in [3.63, 3.8) is 0 Å². The molecule has 0 spiro atoms. The third kappa shape index (κ3) is 4.41. The summed E-state index contributed by atoms with van der Waals surface area (Å²) in [4.78, 5) is 13.0. The molecular formula is C13H23N5O. The molecule has 1 aromatic heterocycles. The molecule has 6 nitrogen and oxygen atoms in total. The zero-order valence-corrected chi connectivity index (χ0v) is 11.5. The number of β-amino-alcohol motifs (C(OH)–C–C–N with tert-alkyl or cyclic N) is 1. The quantitative estimate of drug-likeness (QED) is 0.728. The number of aromatic nitrogens is 2. The SMILES string of the molecule is CCNCC(O)CN1CCN(c2ncccn2)CC1. The average Bonchev–Trinajstić information content (AvgIpc) is 2.47. The smallest absolute Gasteiger partial charge is 0.225 e. The van der Waals surface area contributed by atoms with Gasteiger partial charge in [0.2, 0.25) is 5.95 Å². The largest absolute Gasteiger partial charge is 0.390 e. The first-order valence-corrected chi connectivity index (χ1v) is 6.92. The molecule has 19 heavy (non-hydrogen) atoms. The third-order valence-corrected chi connectivity index (χ3v) is 3.31. The van der Waals surface area contributed by atoms with Crippen LogP contribution in [0, 0.1) is 0 Å². The van der Waals surface area contributed by atoms with Crippen LogP contribution in [0.25, 0.3) is 0 Å². The first-order valence-electron chi connectivity index (χ1n) is 6.92. The highest BCUT2D eigenvalue weighted by Crippen LogP contribution is 2.09. The van der Waals surface area contributed by atoms with E-state index in [1.165, 1.54) is 0 Å². The minimum atomic E-state index is -0.292. The molecule has 0 aliphatic carbocycles. The van der Waals surface area contributed by atoms with Crippen molar-refractivity contribution in [1.29, 1.82) is 0 Å². The monoisotopic (exact) mass is 265 g/mol. The Kier molecular flexibility index (Phi) is 5.50. The van der Waals surface area contributed by atoms with Crippen LogP contribution in [-0.4, -0.2) is 71.9 Å². The van der Waals surface area contributed by atoms with Crippen LogP contribution in [0.1, 0.15) is 6.92 Å². The number of nitrogens with zero attached hydrogens (tertiary/aromatic N) is 4. The van der Waals surface area contributed by atoms with E-state index in [4.69, 9.17) is 0 Å². The third-order valence-electron chi connectivity index (χ3n) is 3.31. The van der Waals surface area contributed by atoms with E-state index in [-0.39, 0.29) is 6.10 Å². The van der Waals surface area contributed by atoms with Gasteiger partial charge < -0.3 is 15.3 Å². The molecule has 1 aliphatic rings. The zero-order valence-electron chi connectivity index (χ0n) is 11.5. The molecule has 2 N–H and O–H groups in total. The highest BCUT2D eigenvalue weighted by atomic mass is 16.3. The van der Waals surface area contributed by atoms with Gasteiger partial charge in [0, 0.05) is 51.7 Å². The van der Waals surface area contributed by atoms with Gasteiger partial charge in [0.1, 0.15) is 0 Å². The second-order valence-corrected chi connectivity index (χ2v) is 4.80. The van der Waals surface area contributed by atoms with Crippen LogP contribution in [0.15, 0.2) is 18.5 Å². The molecule has 1 fully saturated rings. The van der Waals surface area contributed by atoms with Crippen molar-refractivity contribution < 1.29 is 5.11 Å². The van der Waals surface area contributed by atoms with Gasteiger partial charge in [-0.15, -0.1) is 0 Å². The maximum atomic E-state index is 9.87. The summed E-state index contributed by atoms with van der Waals surface area (Å²) in [6.07, 6.45) is 3.25. The first kappa shape index (κ1) is 14.2. The summed E-state index contributed by atoms with van der Waals surface area (Å²) >= 11 is 0. The topological polar surface area (TPSA) is 64.5 Å². The molecule has 1 saturated heterocycles. The van der Waals surface area contributed by atoms with Crippen molar-refractivity contribution in [2.75, 3.05) is 50.7 Å². The molecule has 2 rings (SSSR count). The van der Waals surface area contributed by atoms with E-state index in [9.17, 15) is 5.11 Å². The van der Waals surface area contributed by atoms with Gasteiger partial charge in [-0.2, -0.15) is 0 Å². The van der Waals surface area contributed by atoms with Gasteiger partial charge in [0.25, 0.3) is 0 Å². The lowest BCUT2D eigenvalue weighted by atomic mass is 10.2. The Morgan fingerprint density at radius 2 is 1.95 bits per heavy atom. The summed E-state index contributed by atoms with van der Waals surface area (Å²) in [6, 6.07) is 1.83. The molecule has 0 radical (unpaired) electrons. The van der Waals surface area contributed by atoms with E-state index in [1.807, 2.05) is 13.0 Å². The van der Waals surface area contributed by atoms with Gasteiger partial charge in [0.05, 0.1) is 6.10 Å². The lowest BCUT2D eigenvalue weighted by Crippen LogP contribution is -2.50. The maximum Gasteiger partial charge on any atom is 0.225 e. The number of aliphatic hydroxyl groups is 1. The second-order valence-electron chi connectivity index (χ2n) is 4.80. The Morgan fingerprint density at radius 3 is 2.58 bits per heavy atom. The van der Waals surface area contributed by atoms with Crippen LogP contribution in [0.3, 0.4) is 0 Å². The number of anilines is 1. The second kappa shape index (κ2) is 7.37. The lowest BCUT2D eigenvalue weighted by Gasteiger charge is -2.35. The fraction of sp³-hybridized carbons (Fsp3) is 0.692. The van der Waals surface area contributed by atoms with Crippen molar-refractivity contribution in [2.24, 2.45) is 0 Å². The Labute approximate surface area is 114 Å². The molecule has 1 aromatic rings. The molecule has 0 amide bonds. The van der Waals surface area contributed by atoms with Crippen LogP contribution >= 0.6 is 0 Å². The minimum absolute atomic E-state index is 0.292. The fourth-order valence-electron chi connectivity index (χ4n) is 2.26. The summed E-state index contributed by atoms with van der Waals surface area (Å²) in [5, 5.41) is 13.0. The molecular weight excluding hydrogens is 242 g/mol. The summed E-state index contributed by atoms with van der Waals surface area (Å²) in [5.41, 5.74) is 0. The fourth-order valence-corrected chi connectivity index (χ4v) is 2.26. The number of rotatable bonds is 6. The predicted octanol–water partition coefficient (Wildman–Crippen LogP) is -0.431. The van der Waals surface area contributed by atoms with E-state index < -0.39 is 0 Å². The Balaban J connectivity index is 1.73. The number of hydrogen-bond acceptors (Lipinski definition) is 6.